The summed E-state index contributed by atoms with van der Waals surface area (Å²) in [5, 5.41) is 3.88. The molecule has 5 rings (SSSR count). The lowest BCUT2D eigenvalue weighted by atomic mass is 10.0. The molecule has 2 amide bonds. The summed E-state index contributed by atoms with van der Waals surface area (Å²) in [4.78, 5) is 39.6. The van der Waals surface area contributed by atoms with E-state index in [4.69, 9.17) is 5.73 Å². The summed E-state index contributed by atoms with van der Waals surface area (Å²) in [5.74, 6) is -0.199. The molecule has 0 fully saturated rings. The number of aromatic amines is 1. The zero-order valence-corrected chi connectivity index (χ0v) is 18.3. The van der Waals surface area contributed by atoms with E-state index in [0.717, 1.165) is 33.4 Å². The zero-order valence-electron chi connectivity index (χ0n) is 18.3. The first-order chi connectivity index (χ1) is 16.0. The van der Waals surface area contributed by atoms with Crippen LogP contribution in [0.3, 0.4) is 0 Å². The van der Waals surface area contributed by atoms with E-state index >= 15 is 0 Å². The summed E-state index contributed by atoms with van der Waals surface area (Å²) in [5.41, 5.74) is 11.4. The number of nitrogen functional groups attached to an aromatic ring is 1. The molecule has 0 radical (unpaired) electrons. The molecule has 0 bridgehead atoms. The Kier molecular flexibility index (Phi) is 5.26. The van der Waals surface area contributed by atoms with Crippen LogP contribution >= 0.6 is 0 Å². The van der Waals surface area contributed by atoms with Crippen molar-refractivity contribution >= 4 is 28.5 Å². The van der Waals surface area contributed by atoms with Gasteiger partial charge in [-0.15, -0.1) is 0 Å². The fraction of sp³-hybridized carbons (Fsp3) is 0.200. The quantitative estimate of drug-likeness (QED) is 0.451. The number of nitrogens with one attached hydrogen (secondary N) is 2. The van der Waals surface area contributed by atoms with Gasteiger partial charge in [-0.25, -0.2) is 4.98 Å². The van der Waals surface area contributed by atoms with Crippen molar-refractivity contribution in [3.05, 3.63) is 88.5 Å². The fourth-order valence-electron chi connectivity index (χ4n) is 4.20. The second kappa shape index (κ2) is 8.38. The van der Waals surface area contributed by atoms with Crippen LogP contribution < -0.4 is 11.1 Å². The number of hydrogen-bond acceptors (Lipinski definition) is 5. The zero-order chi connectivity index (χ0) is 22.9. The van der Waals surface area contributed by atoms with Gasteiger partial charge in [0.2, 0.25) is 0 Å². The van der Waals surface area contributed by atoms with E-state index in [1.165, 1.54) is 0 Å². The Balaban J connectivity index is 1.35. The third kappa shape index (κ3) is 4.03. The SMILES string of the molecule is Cc1cccc2[nH]c(C(=O)N3CCc4nc(N)c(C(=O)NCc5ccccn5)cc4C3)cc12. The first-order valence-corrected chi connectivity index (χ1v) is 10.8. The van der Waals surface area contributed by atoms with Gasteiger partial charge in [0.25, 0.3) is 11.8 Å². The molecular formula is C25H24N6O2. The maximum atomic E-state index is 13.2. The third-order valence-electron chi connectivity index (χ3n) is 6.00. The van der Waals surface area contributed by atoms with Crippen molar-refractivity contribution in [2.75, 3.05) is 12.3 Å². The standard InChI is InChI=1S/C25H24N6O2/c1-15-5-4-7-21-18(15)12-22(29-21)25(33)31-10-8-20-16(14-31)11-19(23(26)30-20)24(32)28-13-17-6-2-3-9-27-17/h2-7,9,11-12,29H,8,10,13-14H2,1H3,(H2,26,30)(H,28,32). The van der Waals surface area contributed by atoms with Crippen molar-refractivity contribution in [3.8, 4) is 0 Å². The molecule has 0 atom stereocenters. The molecule has 0 spiro atoms. The van der Waals surface area contributed by atoms with E-state index in [1.807, 2.05) is 49.4 Å². The molecular weight excluding hydrogens is 416 g/mol. The summed E-state index contributed by atoms with van der Waals surface area (Å²) in [6.45, 7) is 3.23. The molecule has 1 aliphatic rings. The van der Waals surface area contributed by atoms with Crippen LogP contribution in [0.2, 0.25) is 0 Å². The summed E-state index contributed by atoms with van der Waals surface area (Å²) in [7, 11) is 0. The van der Waals surface area contributed by atoms with Gasteiger partial charge in [-0.3, -0.25) is 14.6 Å². The number of carbonyl (C=O) groups excluding carboxylic acids is 2. The van der Waals surface area contributed by atoms with Crippen LogP contribution in [-0.2, 0) is 19.5 Å². The summed E-state index contributed by atoms with van der Waals surface area (Å²) in [6.07, 6.45) is 2.26. The number of carbonyl (C=O) groups is 2. The van der Waals surface area contributed by atoms with Crippen molar-refractivity contribution in [2.45, 2.75) is 26.4 Å². The monoisotopic (exact) mass is 440 g/mol. The lowest BCUT2D eigenvalue weighted by Gasteiger charge is -2.28. The molecule has 0 saturated carbocycles. The van der Waals surface area contributed by atoms with Crippen molar-refractivity contribution in [3.63, 3.8) is 0 Å². The second-order valence-corrected chi connectivity index (χ2v) is 8.23. The highest BCUT2D eigenvalue weighted by Gasteiger charge is 2.26. The molecule has 8 nitrogen and oxygen atoms in total. The van der Waals surface area contributed by atoms with Gasteiger partial charge in [0.1, 0.15) is 11.5 Å². The maximum Gasteiger partial charge on any atom is 0.270 e. The minimum absolute atomic E-state index is 0.0748. The van der Waals surface area contributed by atoms with E-state index in [-0.39, 0.29) is 17.6 Å². The van der Waals surface area contributed by atoms with Crippen LogP contribution in [0, 0.1) is 6.92 Å². The number of nitrogens with zero attached hydrogens (tertiary/aromatic N) is 3. The summed E-state index contributed by atoms with van der Waals surface area (Å²) < 4.78 is 0. The minimum atomic E-state index is -0.317. The van der Waals surface area contributed by atoms with Gasteiger partial charge in [0.15, 0.2) is 0 Å². The third-order valence-corrected chi connectivity index (χ3v) is 6.00. The molecule has 0 saturated heterocycles. The van der Waals surface area contributed by atoms with Gasteiger partial charge >= 0.3 is 0 Å². The maximum absolute atomic E-state index is 13.2. The van der Waals surface area contributed by atoms with Gasteiger partial charge in [0, 0.05) is 42.3 Å². The molecule has 4 heterocycles. The minimum Gasteiger partial charge on any atom is -0.383 e. The van der Waals surface area contributed by atoms with Crippen LogP contribution in [-0.4, -0.2) is 38.2 Å². The number of amides is 2. The number of H-pyrrole nitrogens is 1. The number of aryl methyl sites for hydroxylation is 1. The van der Waals surface area contributed by atoms with Crippen molar-refractivity contribution in [2.24, 2.45) is 0 Å². The first-order valence-electron chi connectivity index (χ1n) is 10.8. The molecule has 3 aromatic heterocycles. The van der Waals surface area contributed by atoms with Crippen LogP contribution in [0.1, 0.15) is 43.4 Å². The van der Waals surface area contributed by atoms with Gasteiger partial charge in [0.05, 0.1) is 17.8 Å². The lowest BCUT2D eigenvalue weighted by Crippen LogP contribution is -2.37. The Morgan fingerprint density at radius 2 is 2.06 bits per heavy atom. The van der Waals surface area contributed by atoms with Crippen LogP contribution in [0.5, 0.6) is 0 Å². The summed E-state index contributed by atoms with van der Waals surface area (Å²) in [6, 6.07) is 15.1. The van der Waals surface area contributed by atoms with E-state index in [0.29, 0.717) is 37.3 Å². The lowest BCUT2D eigenvalue weighted by molar-refractivity contribution is 0.0728. The highest BCUT2D eigenvalue weighted by atomic mass is 16.2. The molecule has 0 aliphatic carbocycles. The average molecular weight is 441 g/mol. The Hall–Kier alpha value is -4.20. The number of hydrogen-bond donors (Lipinski definition) is 3. The molecule has 4 aromatic rings. The number of benzene rings is 1. The Bertz CT molecular complexity index is 1360. The smallest absolute Gasteiger partial charge is 0.270 e. The first kappa shape index (κ1) is 20.7. The Labute approximate surface area is 190 Å². The topological polar surface area (TPSA) is 117 Å². The Morgan fingerprint density at radius 1 is 1.18 bits per heavy atom. The molecule has 166 valence electrons. The van der Waals surface area contributed by atoms with Crippen molar-refractivity contribution < 1.29 is 9.59 Å². The highest BCUT2D eigenvalue weighted by molar-refractivity contribution is 6.00. The largest absolute Gasteiger partial charge is 0.383 e. The normalized spacial score (nSPS) is 13.1. The molecule has 1 aliphatic heterocycles. The number of rotatable bonds is 4. The van der Waals surface area contributed by atoms with Gasteiger partial charge in [-0.05, 0) is 48.4 Å². The van der Waals surface area contributed by atoms with Crippen molar-refractivity contribution in [1.82, 2.24) is 25.2 Å². The summed E-state index contributed by atoms with van der Waals surface area (Å²) >= 11 is 0. The van der Waals surface area contributed by atoms with E-state index in [2.05, 4.69) is 20.3 Å². The predicted molar refractivity (Wildman–Crippen MR) is 126 cm³/mol. The van der Waals surface area contributed by atoms with Crippen LogP contribution in [0.25, 0.3) is 10.9 Å². The fourth-order valence-corrected chi connectivity index (χ4v) is 4.20. The van der Waals surface area contributed by atoms with Gasteiger partial charge in [-0.1, -0.05) is 18.2 Å². The predicted octanol–water partition coefficient (Wildman–Crippen LogP) is 2.98. The number of aromatic nitrogens is 3. The second-order valence-electron chi connectivity index (χ2n) is 8.23. The average Bonchev–Trinajstić information content (AvgIpc) is 3.28. The molecule has 4 N–H and O–H groups in total. The molecule has 8 heteroatoms. The molecule has 33 heavy (non-hydrogen) atoms. The van der Waals surface area contributed by atoms with Crippen LogP contribution in [0.15, 0.2) is 54.7 Å². The van der Waals surface area contributed by atoms with Gasteiger partial charge < -0.3 is 20.9 Å². The molecule has 1 aromatic carbocycles. The number of nitrogens with two attached hydrogens (primary N) is 1. The van der Waals surface area contributed by atoms with Crippen molar-refractivity contribution in [1.29, 1.82) is 0 Å². The van der Waals surface area contributed by atoms with E-state index in [9.17, 15) is 9.59 Å². The number of anilines is 1. The number of fused-ring (bicyclic) bond motifs is 2. The van der Waals surface area contributed by atoms with E-state index < -0.39 is 0 Å². The molecule has 0 unspecified atom stereocenters. The van der Waals surface area contributed by atoms with E-state index in [1.54, 1.807) is 17.2 Å². The number of pyridine rings is 2. The van der Waals surface area contributed by atoms with Gasteiger partial charge in [-0.2, -0.15) is 0 Å². The Morgan fingerprint density at radius 3 is 2.85 bits per heavy atom. The highest BCUT2D eigenvalue weighted by Crippen LogP contribution is 2.25. The van der Waals surface area contributed by atoms with Crippen LogP contribution in [0.4, 0.5) is 5.82 Å².